The third-order valence-electron chi connectivity index (χ3n) is 2.64. The molecule has 2 aromatic rings. The molecule has 0 aromatic carbocycles. The standard InChI is InChI=1S/C14H14N6O2/c1-19(2)13-9(7-15)17-11(21-13)5-6-12-18-10(8-16)14(22-12)20(3)4/h5-6H,1-4H3/b6-5+. The number of oxazole rings is 2. The molecule has 2 rings (SSSR count). The zero-order chi connectivity index (χ0) is 16.3. The molecule has 0 bridgehead atoms. The van der Waals surface area contributed by atoms with Crippen molar-refractivity contribution in [1.82, 2.24) is 9.97 Å². The van der Waals surface area contributed by atoms with E-state index in [1.54, 1.807) is 38.0 Å². The number of hydrogen-bond donors (Lipinski definition) is 0. The molecule has 0 saturated carbocycles. The smallest absolute Gasteiger partial charge is 0.234 e. The lowest BCUT2D eigenvalue weighted by Gasteiger charge is -2.05. The van der Waals surface area contributed by atoms with E-state index in [2.05, 4.69) is 9.97 Å². The maximum Gasteiger partial charge on any atom is 0.234 e. The molecule has 8 nitrogen and oxygen atoms in total. The average molecular weight is 298 g/mol. The summed E-state index contributed by atoms with van der Waals surface area (Å²) >= 11 is 0. The van der Waals surface area contributed by atoms with E-state index in [-0.39, 0.29) is 23.2 Å². The van der Waals surface area contributed by atoms with Crippen LogP contribution in [0.25, 0.3) is 12.2 Å². The molecule has 0 fully saturated rings. The Morgan fingerprint density at radius 2 is 1.18 bits per heavy atom. The van der Waals surface area contributed by atoms with E-state index in [1.807, 2.05) is 12.1 Å². The first-order valence-corrected chi connectivity index (χ1v) is 6.30. The third-order valence-corrected chi connectivity index (χ3v) is 2.64. The summed E-state index contributed by atoms with van der Waals surface area (Å²) in [5, 5.41) is 18.0. The highest BCUT2D eigenvalue weighted by atomic mass is 16.4. The minimum absolute atomic E-state index is 0.198. The number of rotatable bonds is 4. The maximum atomic E-state index is 9.00. The predicted octanol–water partition coefficient (Wildman–Crippen LogP) is 1.71. The van der Waals surface area contributed by atoms with Crippen LogP contribution in [-0.4, -0.2) is 38.2 Å². The van der Waals surface area contributed by atoms with Crippen molar-refractivity contribution in [2.75, 3.05) is 38.0 Å². The average Bonchev–Trinajstić information content (AvgIpc) is 3.08. The summed E-state index contributed by atoms with van der Waals surface area (Å²) in [6, 6.07) is 3.93. The molecule has 0 atom stereocenters. The molecule has 0 aliphatic rings. The van der Waals surface area contributed by atoms with Gasteiger partial charge in [-0.25, -0.2) is 0 Å². The molecule has 112 valence electrons. The van der Waals surface area contributed by atoms with Crippen LogP contribution in [0, 0.1) is 22.7 Å². The Morgan fingerprint density at radius 3 is 1.41 bits per heavy atom. The summed E-state index contributed by atoms with van der Waals surface area (Å²) in [6.45, 7) is 0. The van der Waals surface area contributed by atoms with Crippen LogP contribution in [0.2, 0.25) is 0 Å². The van der Waals surface area contributed by atoms with E-state index < -0.39 is 0 Å². The molecule has 0 N–H and O–H groups in total. The van der Waals surface area contributed by atoms with Crippen molar-refractivity contribution < 1.29 is 8.83 Å². The summed E-state index contributed by atoms with van der Waals surface area (Å²) in [5.74, 6) is 1.26. The fourth-order valence-electron chi connectivity index (χ4n) is 1.69. The lowest BCUT2D eigenvalue weighted by molar-refractivity contribution is 0.540. The Morgan fingerprint density at radius 1 is 0.818 bits per heavy atom. The minimum Gasteiger partial charge on any atom is -0.420 e. The Labute approximate surface area is 127 Å². The van der Waals surface area contributed by atoms with Gasteiger partial charge in [-0.15, -0.1) is 0 Å². The monoisotopic (exact) mass is 298 g/mol. The van der Waals surface area contributed by atoms with Crippen LogP contribution in [0.4, 0.5) is 11.8 Å². The zero-order valence-electron chi connectivity index (χ0n) is 12.7. The van der Waals surface area contributed by atoms with E-state index >= 15 is 0 Å². The zero-order valence-corrected chi connectivity index (χ0v) is 12.7. The summed E-state index contributed by atoms with van der Waals surface area (Å²) in [6.07, 6.45) is 3.06. The molecule has 0 spiro atoms. The topological polar surface area (TPSA) is 106 Å². The fourth-order valence-corrected chi connectivity index (χ4v) is 1.69. The second-order valence-corrected chi connectivity index (χ2v) is 4.76. The maximum absolute atomic E-state index is 9.00. The number of nitrogens with zero attached hydrogens (tertiary/aromatic N) is 6. The van der Waals surface area contributed by atoms with E-state index in [9.17, 15) is 0 Å². The van der Waals surface area contributed by atoms with Crippen molar-refractivity contribution >= 4 is 23.9 Å². The normalized spacial score (nSPS) is 10.5. The molecule has 2 heterocycles. The van der Waals surface area contributed by atoms with Gasteiger partial charge in [-0.05, 0) is 0 Å². The van der Waals surface area contributed by atoms with Gasteiger partial charge in [0.2, 0.25) is 34.9 Å². The second kappa shape index (κ2) is 6.02. The van der Waals surface area contributed by atoms with Crippen molar-refractivity contribution in [3.05, 3.63) is 23.2 Å². The summed E-state index contributed by atoms with van der Waals surface area (Å²) in [7, 11) is 7.02. The van der Waals surface area contributed by atoms with Crippen molar-refractivity contribution in [3.63, 3.8) is 0 Å². The molecule has 0 unspecified atom stereocenters. The number of aromatic nitrogens is 2. The first-order valence-electron chi connectivity index (χ1n) is 6.30. The van der Waals surface area contributed by atoms with E-state index in [4.69, 9.17) is 19.4 Å². The van der Waals surface area contributed by atoms with E-state index in [1.165, 1.54) is 12.2 Å². The third kappa shape index (κ3) is 2.91. The van der Waals surface area contributed by atoms with Gasteiger partial charge in [-0.2, -0.15) is 20.5 Å². The number of anilines is 2. The lowest BCUT2D eigenvalue weighted by atomic mass is 10.4. The van der Waals surface area contributed by atoms with Crippen LogP contribution in [0.15, 0.2) is 8.83 Å². The van der Waals surface area contributed by atoms with Gasteiger partial charge in [-0.1, -0.05) is 0 Å². The van der Waals surface area contributed by atoms with Gasteiger partial charge in [0.05, 0.1) is 0 Å². The van der Waals surface area contributed by atoms with Gasteiger partial charge < -0.3 is 18.6 Å². The second-order valence-electron chi connectivity index (χ2n) is 4.76. The van der Waals surface area contributed by atoms with Crippen LogP contribution in [0.1, 0.15) is 23.2 Å². The SMILES string of the molecule is CN(C)c1oc(/C=C/c2nc(C#N)c(N(C)C)o2)nc1C#N. The summed E-state index contributed by atoms with van der Waals surface area (Å²) < 4.78 is 10.9. The van der Waals surface area contributed by atoms with Crippen molar-refractivity contribution in [3.8, 4) is 12.1 Å². The Kier molecular flexibility index (Phi) is 4.14. The first-order chi connectivity index (χ1) is 10.5. The summed E-state index contributed by atoms with van der Waals surface area (Å²) in [5.41, 5.74) is 0.396. The van der Waals surface area contributed by atoms with Gasteiger partial charge in [0.15, 0.2) is 0 Å². The summed E-state index contributed by atoms with van der Waals surface area (Å²) in [4.78, 5) is 11.4. The molecule has 8 heteroatoms. The molecule has 0 amide bonds. The molecular weight excluding hydrogens is 284 g/mol. The van der Waals surface area contributed by atoms with Gasteiger partial charge in [0.1, 0.15) is 12.1 Å². The van der Waals surface area contributed by atoms with E-state index in [0.717, 1.165) is 0 Å². The lowest BCUT2D eigenvalue weighted by Crippen LogP contribution is -2.08. The van der Waals surface area contributed by atoms with Crippen LogP contribution in [-0.2, 0) is 0 Å². The molecule has 0 aliphatic carbocycles. The quantitative estimate of drug-likeness (QED) is 0.839. The molecule has 22 heavy (non-hydrogen) atoms. The van der Waals surface area contributed by atoms with Crippen molar-refractivity contribution in [1.29, 1.82) is 10.5 Å². The van der Waals surface area contributed by atoms with Crippen molar-refractivity contribution in [2.45, 2.75) is 0 Å². The molecule has 0 saturated heterocycles. The fraction of sp³-hybridized carbons (Fsp3) is 0.286. The minimum atomic E-state index is 0.198. The predicted molar refractivity (Wildman–Crippen MR) is 80.0 cm³/mol. The highest BCUT2D eigenvalue weighted by Crippen LogP contribution is 2.23. The van der Waals surface area contributed by atoms with Gasteiger partial charge in [-0.3, -0.25) is 0 Å². The number of hydrogen-bond acceptors (Lipinski definition) is 8. The Balaban J connectivity index is 2.30. The Hall–Kier alpha value is -3.26. The Bertz CT molecular complexity index is 719. The van der Waals surface area contributed by atoms with Gasteiger partial charge >= 0.3 is 0 Å². The molecule has 0 radical (unpaired) electrons. The highest BCUT2D eigenvalue weighted by molar-refractivity contribution is 5.65. The molecular formula is C14H14N6O2. The van der Waals surface area contributed by atoms with Crippen molar-refractivity contribution in [2.24, 2.45) is 0 Å². The van der Waals surface area contributed by atoms with Crippen LogP contribution in [0.5, 0.6) is 0 Å². The largest absolute Gasteiger partial charge is 0.420 e. The highest BCUT2D eigenvalue weighted by Gasteiger charge is 2.15. The number of nitriles is 2. The van der Waals surface area contributed by atoms with Crippen LogP contribution in [0.3, 0.4) is 0 Å². The van der Waals surface area contributed by atoms with Gasteiger partial charge in [0, 0.05) is 40.3 Å². The van der Waals surface area contributed by atoms with E-state index in [0.29, 0.717) is 11.8 Å². The molecule has 2 aromatic heterocycles. The van der Waals surface area contributed by atoms with Gasteiger partial charge in [0.25, 0.3) is 0 Å². The van der Waals surface area contributed by atoms with Crippen LogP contribution >= 0.6 is 0 Å². The molecule has 0 aliphatic heterocycles. The van der Waals surface area contributed by atoms with Crippen LogP contribution < -0.4 is 9.80 Å². The first kappa shape index (κ1) is 15.1.